The molecule has 0 aliphatic carbocycles. The fourth-order valence-corrected chi connectivity index (χ4v) is 0.929. The van der Waals surface area contributed by atoms with E-state index in [0.717, 1.165) is 26.2 Å². The van der Waals surface area contributed by atoms with Gasteiger partial charge in [0, 0.05) is 26.2 Å². The van der Waals surface area contributed by atoms with Crippen LogP contribution < -0.4 is 16.0 Å². The summed E-state index contributed by atoms with van der Waals surface area (Å²) in [6, 6.07) is 0. The van der Waals surface area contributed by atoms with E-state index in [0.29, 0.717) is 0 Å². The van der Waals surface area contributed by atoms with Gasteiger partial charge in [-0.1, -0.05) is 0 Å². The van der Waals surface area contributed by atoms with Crippen LogP contribution in [0.2, 0.25) is 0 Å². The molecule has 4 heteroatoms. The number of amides is 1. The number of hydrogen-bond acceptors (Lipinski definition) is 3. The van der Waals surface area contributed by atoms with E-state index in [1.165, 1.54) is 0 Å². The summed E-state index contributed by atoms with van der Waals surface area (Å²) in [5.41, 5.74) is 0. The van der Waals surface area contributed by atoms with Gasteiger partial charge >= 0.3 is 0 Å². The van der Waals surface area contributed by atoms with E-state index in [4.69, 9.17) is 0 Å². The zero-order chi connectivity index (χ0) is 8.10. The molecule has 4 nitrogen and oxygen atoms in total. The number of nitrogens with one attached hydrogen (secondary N) is 3. The van der Waals surface area contributed by atoms with E-state index in [-0.39, 0.29) is 11.8 Å². The van der Waals surface area contributed by atoms with Crippen LogP contribution in [0.15, 0.2) is 0 Å². The van der Waals surface area contributed by atoms with Crippen molar-refractivity contribution in [2.24, 2.45) is 5.92 Å². The van der Waals surface area contributed by atoms with Gasteiger partial charge in [-0.3, -0.25) is 4.79 Å². The van der Waals surface area contributed by atoms with Crippen LogP contribution in [-0.2, 0) is 4.79 Å². The summed E-state index contributed by atoms with van der Waals surface area (Å²) in [4.78, 5) is 11.1. The van der Waals surface area contributed by atoms with Crippen molar-refractivity contribution in [3.8, 4) is 0 Å². The standard InChI is InChI=1S/C7H15N3O/c1-8-2-3-10-7(11)6-4-9-5-6/h6,8-9H,2-5H2,1H3,(H,10,11). The minimum absolute atomic E-state index is 0.180. The molecule has 64 valence electrons. The third-order valence-electron chi connectivity index (χ3n) is 1.83. The minimum atomic E-state index is 0.180. The molecular weight excluding hydrogens is 142 g/mol. The molecule has 1 amide bonds. The summed E-state index contributed by atoms with van der Waals surface area (Å²) in [5, 5.41) is 8.87. The average Bonchev–Trinajstić information content (AvgIpc) is 1.84. The average molecular weight is 157 g/mol. The molecule has 3 N–H and O–H groups in total. The summed E-state index contributed by atoms with van der Waals surface area (Å²) in [6.07, 6.45) is 0. The lowest BCUT2D eigenvalue weighted by atomic mass is 10.0. The molecule has 11 heavy (non-hydrogen) atoms. The molecule has 0 unspecified atom stereocenters. The Morgan fingerprint density at radius 2 is 2.27 bits per heavy atom. The Kier molecular flexibility index (Phi) is 3.32. The van der Waals surface area contributed by atoms with E-state index in [1.54, 1.807) is 0 Å². The first-order chi connectivity index (χ1) is 5.34. The van der Waals surface area contributed by atoms with Crippen molar-refractivity contribution in [1.82, 2.24) is 16.0 Å². The number of carbonyl (C=O) groups is 1. The third kappa shape index (κ3) is 2.48. The van der Waals surface area contributed by atoms with E-state index in [2.05, 4.69) is 16.0 Å². The Bertz CT molecular complexity index is 134. The Labute approximate surface area is 66.7 Å². The summed E-state index contributed by atoms with van der Waals surface area (Å²) in [7, 11) is 1.87. The highest BCUT2D eigenvalue weighted by Crippen LogP contribution is 2.00. The molecule has 1 rings (SSSR count). The molecule has 1 aliphatic rings. The smallest absolute Gasteiger partial charge is 0.225 e. The molecule has 0 atom stereocenters. The molecule has 1 aliphatic heterocycles. The molecule has 0 aromatic carbocycles. The first kappa shape index (κ1) is 8.49. The number of likely N-dealkylation sites (N-methyl/N-ethyl adjacent to an activating group) is 1. The monoisotopic (exact) mass is 157 g/mol. The van der Waals surface area contributed by atoms with E-state index in [9.17, 15) is 4.79 Å². The number of carbonyl (C=O) groups excluding carboxylic acids is 1. The fraction of sp³-hybridized carbons (Fsp3) is 0.857. The van der Waals surface area contributed by atoms with Gasteiger partial charge in [-0.2, -0.15) is 0 Å². The second-order valence-electron chi connectivity index (χ2n) is 2.75. The molecule has 0 aromatic rings. The van der Waals surface area contributed by atoms with Crippen LogP contribution in [0.25, 0.3) is 0 Å². The first-order valence-electron chi connectivity index (χ1n) is 3.97. The Morgan fingerprint density at radius 3 is 2.73 bits per heavy atom. The van der Waals surface area contributed by atoms with E-state index < -0.39 is 0 Å². The van der Waals surface area contributed by atoms with Gasteiger partial charge in [0.1, 0.15) is 0 Å². The predicted octanol–water partition coefficient (Wildman–Crippen LogP) is -1.46. The molecule has 0 aromatic heterocycles. The van der Waals surface area contributed by atoms with Crippen molar-refractivity contribution in [3.05, 3.63) is 0 Å². The van der Waals surface area contributed by atoms with Crippen LogP contribution in [-0.4, -0.2) is 39.1 Å². The van der Waals surface area contributed by atoms with Crippen LogP contribution >= 0.6 is 0 Å². The van der Waals surface area contributed by atoms with Gasteiger partial charge in [0.05, 0.1) is 5.92 Å². The molecule has 0 bridgehead atoms. The molecule has 0 spiro atoms. The van der Waals surface area contributed by atoms with E-state index >= 15 is 0 Å². The molecule has 1 fully saturated rings. The fourth-order valence-electron chi connectivity index (χ4n) is 0.929. The van der Waals surface area contributed by atoms with Crippen LogP contribution in [0.5, 0.6) is 0 Å². The third-order valence-corrected chi connectivity index (χ3v) is 1.83. The molecule has 0 saturated carbocycles. The van der Waals surface area contributed by atoms with Crippen molar-refractivity contribution in [2.75, 3.05) is 33.2 Å². The van der Waals surface area contributed by atoms with Crippen molar-refractivity contribution < 1.29 is 4.79 Å². The molecule has 0 radical (unpaired) electrons. The van der Waals surface area contributed by atoms with Crippen LogP contribution in [0.3, 0.4) is 0 Å². The number of hydrogen-bond donors (Lipinski definition) is 3. The van der Waals surface area contributed by atoms with Gasteiger partial charge in [0.25, 0.3) is 0 Å². The van der Waals surface area contributed by atoms with Crippen LogP contribution in [0, 0.1) is 5.92 Å². The maximum Gasteiger partial charge on any atom is 0.225 e. The quantitative estimate of drug-likeness (QED) is 0.437. The predicted molar refractivity (Wildman–Crippen MR) is 43.3 cm³/mol. The van der Waals surface area contributed by atoms with Crippen LogP contribution in [0.4, 0.5) is 0 Å². The zero-order valence-corrected chi connectivity index (χ0v) is 6.81. The molecule has 1 heterocycles. The van der Waals surface area contributed by atoms with Crippen molar-refractivity contribution in [2.45, 2.75) is 0 Å². The molecular formula is C7H15N3O. The van der Waals surface area contributed by atoms with Crippen molar-refractivity contribution >= 4 is 5.91 Å². The number of rotatable bonds is 4. The van der Waals surface area contributed by atoms with Gasteiger partial charge in [-0.05, 0) is 7.05 Å². The first-order valence-corrected chi connectivity index (χ1v) is 3.97. The Balaban J connectivity index is 2.01. The Morgan fingerprint density at radius 1 is 1.55 bits per heavy atom. The van der Waals surface area contributed by atoms with E-state index in [1.807, 2.05) is 7.05 Å². The SMILES string of the molecule is CNCCNC(=O)C1CNC1. The Hall–Kier alpha value is -0.610. The largest absolute Gasteiger partial charge is 0.355 e. The summed E-state index contributed by atoms with van der Waals surface area (Å²) < 4.78 is 0. The van der Waals surface area contributed by atoms with Gasteiger partial charge in [0.15, 0.2) is 0 Å². The van der Waals surface area contributed by atoms with Crippen molar-refractivity contribution in [1.29, 1.82) is 0 Å². The normalized spacial score (nSPS) is 17.5. The zero-order valence-electron chi connectivity index (χ0n) is 6.81. The molecule has 1 saturated heterocycles. The highest BCUT2D eigenvalue weighted by Gasteiger charge is 2.23. The second-order valence-corrected chi connectivity index (χ2v) is 2.75. The summed E-state index contributed by atoms with van der Waals surface area (Å²) in [5.74, 6) is 0.394. The minimum Gasteiger partial charge on any atom is -0.355 e. The van der Waals surface area contributed by atoms with Gasteiger partial charge < -0.3 is 16.0 Å². The second kappa shape index (κ2) is 4.31. The highest BCUT2D eigenvalue weighted by molar-refractivity contribution is 5.79. The highest BCUT2D eigenvalue weighted by atomic mass is 16.2. The van der Waals surface area contributed by atoms with Gasteiger partial charge in [-0.15, -0.1) is 0 Å². The lowest BCUT2D eigenvalue weighted by Crippen LogP contribution is -2.51. The van der Waals surface area contributed by atoms with Gasteiger partial charge in [-0.25, -0.2) is 0 Å². The summed E-state index contributed by atoms with van der Waals surface area (Å²) in [6.45, 7) is 3.24. The maximum absolute atomic E-state index is 11.1. The maximum atomic E-state index is 11.1. The topological polar surface area (TPSA) is 53.2 Å². The van der Waals surface area contributed by atoms with Crippen LogP contribution in [0.1, 0.15) is 0 Å². The van der Waals surface area contributed by atoms with Crippen molar-refractivity contribution in [3.63, 3.8) is 0 Å². The van der Waals surface area contributed by atoms with Gasteiger partial charge in [0.2, 0.25) is 5.91 Å². The lowest BCUT2D eigenvalue weighted by molar-refractivity contribution is -0.126. The summed E-state index contributed by atoms with van der Waals surface area (Å²) >= 11 is 0. The lowest BCUT2D eigenvalue weighted by Gasteiger charge is -2.25.